The highest BCUT2D eigenvalue weighted by atomic mass is 19.1. The molecule has 1 saturated carbocycles. The van der Waals surface area contributed by atoms with Crippen molar-refractivity contribution in [2.24, 2.45) is 0 Å². The molecule has 5 heteroatoms. The number of nitrogens with zero attached hydrogens (tertiary/aromatic N) is 2. The van der Waals surface area contributed by atoms with E-state index in [4.69, 9.17) is 4.52 Å². The van der Waals surface area contributed by atoms with E-state index in [1.807, 2.05) is 0 Å². The maximum absolute atomic E-state index is 13.6. The minimum absolute atomic E-state index is 0.107. The van der Waals surface area contributed by atoms with Crippen LogP contribution in [0.4, 0.5) is 4.39 Å². The van der Waals surface area contributed by atoms with Crippen molar-refractivity contribution >= 4 is 0 Å². The van der Waals surface area contributed by atoms with Crippen LogP contribution in [0.5, 0.6) is 0 Å². The molecule has 0 radical (unpaired) electrons. The normalized spacial score (nSPS) is 23.0. The molecule has 2 atom stereocenters. The van der Waals surface area contributed by atoms with Crippen molar-refractivity contribution in [1.29, 1.82) is 0 Å². The second-order valence-electron chi connectivity index (χ2n) is 5.73. The van der Waals surface area contributed by atoms with E-state index in [0.717, 1.165) is 32.1 Å². The lowest BCUT2D eigenvalue weighted by Gasteiger charge is -2.15. The fourth-order valence-electron chi connectivity index (χ4n) is 2.81. The summed E-state index contributed by atoms with van der Waals surface area (Å²) in [6.45, 7) is 1.71. The van der Waals surface area contributed by atoms with Crippen molar-refractivity contribution in [3.05, 3.63) is 35.5 Å². The fourth-order valence-corrected chi connectivity index (χ4v) is 2.81. The first-order valence-corrected chi connectivity index (χ1v) is 7.43. The minimum atomic E-state index is -0.435. The molecule has 1 aromatic carbocycles. The third kappa shape index (κ3) is 2.97. The smallest absolute Gasteiger partial charge is 0.232 e. The number of aliphatic hydroxyl groups excluding tert-OH is 1. The summed E-state index contributed by atoms with van der Waals surface area (Å²) in [4.78, 5) is 4.36. The lowest BCUT2D eigenvalue weighted by Crippen LogP contribution is -2.17. The summed E-state index contributed by atoms with van der Waals surface area (Å²) in [5, 5.41) is 14.1. The van der Waals surface area contributed by atoms with E-state index in [2.05, 4.69) is 10.1 Å². The van der Waals surface area contributed by atoms with Crippen LogP contribution < -0.4 is 0 Å². The van der Waals surface area contributed by atoms with E-state index in [9.17, 15) is 9.50 Å². The molecule has 0 amide bonds. The SMILES string of the molecule is Cc1ccc(-c2noc(C3CCCCCC3O)n2)cc1F. The molecule has 1 aromatic heterocycles. The number of halogens is 1. The molecule has 1 aliphatic rings. The van der Waals surface area contributed by atoms with Crippen molar-refractivity contribution in [2.45, 2.75) is 51.0 Å². The van der Waals surface area contributed by atoms with Gasteiger partial charge in [0.25, 0.3) is 0 Å². The van der Waals surface area contributed by atoms with Crippen molar-refractivity contribution < 1.29 is 14.0 Å². The Kier molecular flexibility index (Phi) is 4.01. The van der Waals surface area contributed by atoms with Crippen LogP contribution in [0, 0.1) is 12.7 Å². The van der Waals surface area contributed by atoms with Gasteiger partial charge in [-0.3, -0.25) is 0 Å². The molecule has 1 aliphatic carbocycles. The number of aryl methyl sites for hydroxylation is 1. The molecule has 0 aliphatic heterocycles. The predicted octanol–water partition coefficient (Wildman–Crippen LogP) is 3.59. The maximum Gasteiger partial charge on any atom is 0.232 e. The van der Waals surface area contributed by atoms with Crippen LogP contribution in [0.1, 0.15) is 49.5 Å². The lowest BCUT2D eigenvalue weighted by atomic mass is 9.97. The zero-order valence-electron chi connectivity index (χ0n) is 12.1. The minimum Gasteiger partial charge on any atom is -0.392 e. The fraction of sp³-hybridized carbons (Fsp3) is 0.500. The highest BCUT2D eigenvalue weighted by Crippen LogP contribution is 2.32. The second kappa shape index (κ2) is 5.93. The number of aromatic nitrogens is 2. The van der Waals surface area contributed by atoms with Gasteiger partial charge < -0.3 is 9.63 Å². The van der Waals surface area contributed by atoms with E-state index in [1.165, 1.54) is 6.07 Å². The van der Waals surface area contributed by atoms with Crippen LogP contribution >= 0.6 is 0 Å². The molecule has 0 spiro atoms. The van der Waals surface area contributed by atoms with E-state index >= 15 is 0 Å². The van der Waals surface area contributed by atoms with Gasteiger partial charge in [-0.15, -0.1) is 0 Å². The summed E-state index contributed by atoms with van der Waals surface area (Å²) in [6, 6.07) is 4.88. The molecule has 2 unspecified atom stereocenters. The van der Waals surface area contributed by atoms with Gasteiger partial charge in [-0.1, -0.05) is 36.6 Å². The van der Waals surface area contributed by atoms with Gasteiger partial charge in [0, 0.05) is 5.56 Å². The maximum atomic E-state index is 13.6. The van der Waals surface area contributed by atoms with Crippen molar-refractivity contribution in [2.75, 3.05) is 0 Å². The quantitative estimate of drug-likeness (QED) is 0.859. The Hall–Kier alpha value is -1.75. The zero-order chi connectivity index (χ0) is 14.8. The van der Waals surface area contributed by atoms with Gasteiger partial charge in [0.05, 0.1) is 12.0 Å². The lowest BCUT2D eigenvalue weighted by molar-refractivity contribution is 0.119. The molecule has 1 heterocycles. The Labute approximate surface area is 123 Å². The summed E-state index contributed by atoms with van der Waals surface area (Å²) >= 11 is 0. The first-order chi connectivity index (χ1) is 10.1. The second-order valence-corrected chi connectivity index (χ2v) is 5.73. The Bertz CT molecular complexity index is 626. The Morgan fingerprint density at radius 3 is 2.86 bits per heavy atom. The van der Waals surface area contributed by atoms with E-state index < -0.39 is 6.10 Å². The van der Waals surface area contributed by atoms with Crippen LogP contribution in [-0.2, 0) is 0 Å². The number of hydrogen-bond donors (Lipinski definition) is 1. The van der Waals surface area contributed by atoms with Crippen molar-refractivity contribution in [3.63, 3.8) is 0 Å². The van der Waals surface area contributed by atoms with Crippen LogP contribution in [0.2, 0.25) is 0 Å². The summed E-state index contributed by atoms with van der Waals surface area (Å²) in [5.41, 5.74) is 1.18. The summed E-state index contributed by atoms with van der Waals surface area (Å²) in [7, 11) is 0. The van der Waals surface area contributed by atoms with Crippen LogP contribution in [-0.4, -0.2) is 21.4 Å². The highest BCUT2D eigenvalue weighted by molar-refractivity contribution is 5.55. The molecular formula is C16H19FN2O2. The Morgan fingerprint density at radius 2 is 2.05 bits per heavy atom. The van der Waals surface area contributed by atoms with Gasteiger partial charge in [-0.25, -0.2) is 4.39 Å². The highest BCUT2D eigenvalue weighted by Gasteiger charge is 2.28. The van der Waals surface area contributed by atoms with Gasteiger partial charge in [0.15, 0.2) is 0 Å². The third-order valence-electron chi connectivity index (χ3n) is 4.17. The first kappa shape index (κ1) is 14.2. The van der Waals surface area contributed by atoms with Crippen LogP contribution in [0.3, 0.4) is 0 Å². The molecule has 0 saturated heterocycles. The van der Waals surface area contributed by atoms with Gasteiger partial charge in [0.1, 0.15) is 5.82 Å². The molecule has 21 heavy (non-hydrogen) atoms. The van der Waals surface area contributed by atoms with Crippen LogP contribution in [0.25, 0.3) is 11.4 Å². The van der Waals surface area contributed by atoms with Gasteiger partial charge >= 0.3 is 0 Å². The topological polar surface area (TPSA) is 59.2 Å². The number of rotatable bonds is 2. The number of hydrogen-bond acceptors (Lipinski definition) is 4. The van der Waals surface area contributed by atoms with Gasteiger partial charge in [-0.2, -0.15) is 4.98 Å². The molecular weight excluding hydrogens is 271 g/mol. The van der Waals surface area contributed by atoms with Gasteiger partial charge in [0.2, 0.25) is 11.7 Å². The monoisotopic (exact) mass is 290 g/mol. The van der Waals surface area contributed by atoms with Gasteiger partial charge in [-0.05, 0) is 31.4 Å². The molecule has 3 rings (SSSR count). The molecule has 0 bridgehead atoms. The zero-order valence-corrected chi connectivity index (χ0v) is 12.1. The summed E-state index contributed by atoms with van der Waals surface area (Å²) < 4.78 is 18.9. The average molecular weight is 290 g/mol. The third-order valence-corrected chi connectivity index (χ3v) is 4.17. The molecule has 2 aromatic rings. The Balaban J connectivity index is 1.86. The van der Waals surface area contributed by atoms with Crippen molar-refractivity contribution in [1.82, 2.24) is 10.1 Å². The van der Waals surface area contributed by atoms with E-state index in [1.54, 1.807) is 19.1 Å². The summed E-state index contributed by atoms with van der Waals surface area (Å²) in [6.07, 6.45) is 4.39. The first-order valence-electron chi connectivity index (χ1n) is 7.43. The van der Waals surface area contributed by atoms with E-state index in [-0.39, 0.29) is 11.7 Å². The molecule has 1 fully saturated rings. The number of aliphatic hydroxyl groups is 1. The van der Waals surface area contributed by atoms with Crippen LogP contribution in [0.15, 0.2) is 22.7 Å². The average Bonchev–Trinajstić information content (AvgIpc) is 2.85. The summed E-state index contributed by atoms with van der Waals surface area (Å²) in [5.74, 6) is 0.443. The predicted molar refractivity (Wildman–Crippen MR) is 76.3 cm³/mol. The Morgan fingerprint density at radius 1 is 1.24 bits per heavy atom. The molecule has 112 valence electrons. The molecule has 4 nitrogen and oxygen atoms in total. The molecule has 1 N–H and O–H groups in total. The van der Waals surface area contributed by atoms with Crippen molar-refractivity contribution in [3.8, 4) is 11.4 Å². The van der Waals surface area contributed by atoms with E-state index in [0.29, 0.717) is 22.8 Å². The number of benzene rings is 1. The largest absolute Gasteiger partial charge is 0.392 e. The standard InChI is InChI=1S/C16H19FN2O2/c1-10-7-8-11(9-13(10)17)15-18-16(21-19-15)12-5-3-2-4-6-14(12)20/h7-9,12,14,20H,2-6H2,1H3.